The van der Waals surface area contributed by atoms with Crippen LogP contribution < -0.4 is 14.8 Å². The van der Waals surface area contributed by atoms with E-state index in [1.54, 1.807) is 29.8 Å². The molecule has 0 saturated carbocycles. The van der Waals surface area contributed by atoms with Gasteiger partial charge >= 0.3 is 0 Å². The van der Waals surface area contributed by atoms with Gasteiger partial charge in [0.2, 0.25) is 5.91 Å². The Bertz CT molecular complexity index is 902. The monoisotopic (exact) mass is 388 g/mol. The number of aromatic nitrogens is 1. The van der Waals surface area contributed by atoms with Crippen LogP contribution in [-0.2, 0) is 11.3 Å². The molecule has 0 spiro atoms. The summed E-state index contributed by atoms with van der Waals surface area (Å²) in [5, 5.41) is 5.79. The van der Waals surface area contributed by atoms with E-state index in [9.17, 15) is 4.79 Å². The van der Waals surface area contributed by atoms with Gasteiger partial charge < -0.3 is 14.8 Å². The second-order valence-electron chi connectivity index (χ2n) is 5.51. The Labute approximate surface area is 160 Å². The summed E-state index contributed by atoms with van der Waals surface area (Å²) in [7, 11) is 1.64. The Kier molecular flexibility index (Phi) is 5.90. The van der Waals surface area contributed by atoms with E-state index in [4.69, 9.17) is 14.5 Å². The fourth-order valence-electron chi connectivity index (χ4n) is 2.42. The van der Waals surface area contributed by atoms with Crippen molar-refractivity contribution in [2.24, 2.45) is 0 Å². The molecule has 5 nitrogen and oxygen atoms in total. The van der Waals surface area contributed by atoms with Gasteiger partial charge in [-0.2, -0.15) is 0 Å². The molecule has 2 aromatic heterocycles. The van der Waals surface area contributed by atoms with E-state index in [0.29, 0.717) is 18.9 Å². The number of amides is 1. The Balaban J connectivity index is 1.80. The molecule has 0 aliphatic carbocycles. The van der Waals surface area contributed by atoms with Crippen LogP contribution in [0.2, 0.25) is 0 Å². The maximum Gasteiger partial charge on any atom is 0.217 e. The molecule has 0 aliphatic heterocycles. The minimum Gasteiger partial charge on any atom is -0.493 e. The van der Waals surface area contributed by atoms with E-state index >= 15 is 0 Å². The van der Waals surface area contributed by atoms with Gasteiger partial charge in [0.25, 0.3) is 0 Å². The summed E-state index contributed by atoms with van der Waals surface area (Å²) in [4.78, 5) is 18.0. The molecule has 0 aliphatic rings. The first-order valence-corrected chi connectivity index (χ1v) is 9.90. The van der Waals surface area contributed by atoms with Crippen molar-refractivity contribution in [3.8, 4) is 32.6 Å². The zero-order valence-electron chi connectivity index (χ0n) is 14.9. The lowest BCUT2D eigenvalue weighted by atomic mass is 10.2. The van der Waals surface area contributed by atoms with E-state index in [0.717, 1.165) is 31.8 Å². The Morgan fingerprint density at radius 1 is 1.23 bits per heavy atom. The van der Waals surface area contributed by atoms with Crippen molar-refractivity contribution in [1.82, 2.24) is 10.3 Å². The number of hydrogen-bond acceptors (Lipinski definition) is 6. The Morgan fingerprint density at radius 2 is 2.08 bits per heavy atom. The number of ether oxygens (including phenoxy) is 2. The van der Waals surface area contributed by atoms with Gasteiger partial charge in [-0.25, -0.2) is 4.98 Å². The molecule has 2 heterocycles. The average Bonchev–Trinajstić information content (AvgIpc) is 3.30. The van der Waals surface area contributed by atoms with Gasteiger partial charge in [0, 0.05) is 22.7 Å². The minimum absolute atomic E-state index is 0.0275. The molecule has 0 bridgehead atoms. The first kappa shape index (κ1) is 18.4. The number of nitrogens with zero attached hydrogens (tertiary/aromatic N) is 1. The molecule has 7 heteroatoms. The molecular formula is C19H20N2O3S2. The molecule has 0 fully saturated rings. The van der Waals surface area contributed by atoms with Crippen LogP contribution in [0.4, 0.5) is 0 Å². The number of carbonyl (C=O) groups excluding carboxylic acids is 1. The summed E-state index contributed by atoms with van der Waals surface area (Å²) in [6, 6.07) is 9.92. The van der Waals surface area contributed by atoms with Crippen LogP contribution >= 0.6 is 22.7 Å². The number of methoxy groups -OCH3 is 1. The molecule has 26 heavy (non-hydrogen) atoms. The highest BCUT2D eigenvalue weighted by Gasteiger charge is 2.12. The van der Waals surface area contributed by atoms with E-state index in [1.807, 2.05) is 42.6 Å². The normalized spacial score (nSPS) is 10.6. The molecular weight excluding hydrogens is 368 g/mol. The summed E-state index contributed by atoms with van der Waals surface area (Å²) >= 11 is 3.23. The standard InChI is InChI=1S/C19H20N2O3S2/c1-4-24-16-7-5-13(9-17(16)23-3)19-21-15(11-25-19)18-8-6-14(26-18)10-20-12(2)22/h5-9,11H,4,10H2,1-3H3,(H,20,22). The predicted octanol–water partition coefficient (Wildman–Crippen LogP) is 4.58. The van der Waals surface area contributed by atoms with E-state index < -0.39 is 0 Å². The molecule has 1 amide bonds. The molecule has 0 unspecified atom stereocenters. The van der Waals surface area contributed by atoms with Gasteiger partial charge in [0.05, 0.1) is 30.8 Å². The van der Waals surface area contributed by atoms with Crippen molar-refractivity contribution in [3.05, 3.63) is 40.6 Å². The van der Waals surface area contributed by atoms with Crippen LogP contribution in [-0.4, -0.2) is 24.6 Å². The zero-order valence-corrected chi connectivity index (χ0v) is 16.5. The van der Waals surface area contributed by atoms with Gasteiger partial charge in [-0.3, -0.25) is 4.79 Å². The number of thiazole rings is 1. The largest absolute Gasteiger partial charge is 0.493 e. The highest BCUT2D eigenvalue weighted by molar-refractivity contribution is 7.16. The maximum absolute atomic E-state index is 11.0. The van der Waals surface area contributed by atoms with Crippen LogP contribution in [0.25, 0.3) is 21.1 Å². The molecule has 136 valence electrons. The summed E-state index contributed by atoms with van der Waals surface area (Å²) < 4.78 is 11.0. The smallest absolute Gasteiger partial charge is 0.217 e. The number of carbonyl (C=O) groups is 1. The lowest BCUT2D eigenvalue weighted by Crippen LogP contribution is -2.17. The van der Waals surface area contributed by atoms with Gasteiger partial charge in [-0.15, -0.1) is 22.7 Å². The topological polar surface area (TPSA) is 60.5 Å². The fraction of sp³-hybridized carbons (Fsp3) is 0.263. The fourth-order valence-corrected chi connectivity index (χ4v) is 4.22. The molecule has 0 radical (unpaired) electrons. The van der Waals surface area contributed by atoms with Crippen LogP contribution in [0.15, 0.2) is 35.7 Å². The molecule has 3 aromatic rings. The highest BCUT2D eigenvalue weighted by Crippen LogP contribution is 2.36. The van der Waals surface area contributed by atoms with E-state index in [2.05, 4.69) is 5.32 Å². The summed E-state index contributed by atoms with van der Waals surface area (Å²) in [5.41, 5.74) is 1.94. The first-order valence-electron chi connectivity index (χ1n) is 8.21. The van der Waals surface area contributed by atoms with E-state index in [-0.39, 0.29) is 5.91 Å². The van der Waals surface area contributed by atoms with Crippen molar-refractivity contribution in [2.45, 2.75) is 20.4 Å². The van der Waals surface area contributed by atoms with Crippen LogP contribution in [0, 0.1) is 0 Å². The van der Waals surface area contributed by atoms with Gasteiger partial charge in [0.15, 0.2) is 11.5 Å². The van der Waals surface area contributed by atoms with E-state index in [1.165, 1.54) is 6.92 Å². The number of benzene rings is 1. The quantitative estimate of drug-likeness (QED) is 0.643. The summed E-state index contributed by atoms with van der Waals surface area (Å²) in [5.74, 6) is 1.41. The SMILES string of the molecule is CCOc1ccc(-c2nc(-c3ccc(CNC(C)=O)s3)cs2)cc1OC. The molecule has 1 N–H and O–H groups in total. The molecule has 0 atom stereocenters. The van der Waals surface area contributed by atoms with Gasteiger partial charge in [-0.05, 0) is 37.3 Å². The summed E-state index contributed by atoms with van der Waals surface area (Å²) in [6.45, 7) is 4.61. The Morgan fingerprint density at radius 3 is 2.81 bits per heavy atom. The molecule has 1 aromatic carbocycles. The van der Waals surface area contributed by atoms with Crippen LogP contribution in [0.3, 0.4) is 0 Å². The highest BCUT2D eigenvalue weighted by atomic mass is 32.1. The van der Waals surface area contributed by atoms with Gasteiger partial charge in [-0.1, -0.05) is 0 Å². The lowest BCUT2D eigenvalue weighted by molar-refractivity contribution is -0.119. The molecule has 3 rings (SSSR count). The second kappa shape index (κ2) is 8.33. The van der Waals surface area contributed by atoms with Gasteiger partial charge in [0.1, 0.15) is 5.01 Å². The molecule has 0 saturated heterocycles. The number of thiophene rings is 1. The van der Waals surface area contributed by atoms with Crippen molar-refractivity contribution >= 4 is 28.6 Å². The van der Waals surface area contributed by atoms with Crippen molar-refractivity contribution in [1.29, 1.82) is 0 Å². The van der Waals surface area contributed by atoms with Crippen LogP contribution in [0.5, 0.6) is 11.5 Å². The summed E-state index contributed by atoms with van der Waals surface area (Å²) in [6.07, 6.45) is 0. The predicted molar refractivity (Wildman–Crippen MR) is 106 cm³/mol. The zero-order chi connectivity index (χ0) is 18.5. The third-order valence-corrected chi connectivity index (χ3v) is 5.64. The third kappa shape index (κ3) is 4.23. The van der Waals surface area contributed by atoms with Crippen molar-refractivity contribution < 1.29 is 14.3 Å². The minimum atomic E-state index is -0.0275. The van der Waals surface area contributed by atoms with Crippen LogP contribution in [0.1, 0.15) is 18.7 Å². The third-order valence-electron chi connectivity index (χ3n) is 3.64. The number of nitrogens with one attached hydrogen (secondary N) is 1. The van der Waals surface area contributed by atoms with Crippen molar-refractivity contribution in [2.75, 3.05) is 13.7 Å². The van der Waals surface area contributed by atoms with Crippen molar-refractivity contribution in [3.63, 3.8) is 0 Å². The number of hydrogen-bond donors (Lipinski definition) is 1. The maximum atomic E-state index is 11.0. The lowest BCUT2D eigenvalue weighted by Gasteiger charge is -2.09. The number of rotatable bonds is 7. The first-order chi connectivity index (χ1) is 12.6. The second-order valence-corrected chi connectivity index (χ2v) is 7.54. The average molecular weight is 389 g/mol. The Hall–Kier alpha value is -2.38.